The summed E-state index contributed by atoms with van der Waals surface area (Å²) in [5.74, 6) is -0.274. The van der Waals surface area contributed by atoms with Gasteiger partial charge in [-0.15, -0.1) is 0 Å². The third-order valence-corrected chi connectivity index (χ3v) is 2.11. The minimum absolute atomic E-state index is 0.149. The van der Waals surface area contributed by atoms with Gasteiger partial charge in [0, 0.05) is 14.1 Å². The summed E-state index contributed by atoms with van der Waals surface area (Å²) < 4.78 is 0. The Morgan fingerprint density at radius 2 is 2.12 bits per heavy atom. The molecular weight excluding hydrogens is 200 g/mol. The van der Waals surface area contributed by atoms with Gasteiger partial charge >= 0.3 is 0 Å². The van der Waals surface area contributed by atoms with E-state index in [0.29, 0.717) is 0 Å². The van der Waals surface area contributed by atoms with Crippen molar-refractivity contribution in [1.82, 2.24) is 4.90 Å². The van der Waals surface area contributed by atoms with E-state index in [0.717, 1.165) is 11.1 Å². The standard InChI is InChI=1S/C13H14N2O/c1-10-5-4-6-11(7-10)8-12(9-14)13(16)15(2)3/h4-8H,1-3H3. The Labute approximate surface area is 95.6 Å². The van der Waals surface area contributed by atoms with E-state index >= 15 is 0 Å². The van der Waals surface area contributed by atoms with Gasteiger partial charge in [-0.25, -0.2) is 0 Å². The van der Waals surface area contributed by atoms with E-state index in [9.17, 15) is 4.79 Å². The third kappa shape index (κ3) is 2.96. The van der Waals surface area contributed by atoms with Crippen molar-refractivity contribution in [1.29, 1.82) is 5.26 Å². The first-order chi connectivity index (χ1) is 7.54. The molecule has 3 heteroatoms. The van der Waals surface area contributed by atoms with Crippen LogP contribution < -0.4 is 0 Å². The maximum atomic E-state index is 11.6. The molecular formula is C13H14N2O. The number of carbonyl (C=O) groups excluding carboxylic acids is 1. The van der Waals surface area contributed by atoms with Crippen LogP contribution in [-0.4, -0.2) is 24.9 Å². The summed E-state index contributed by atoms with van der Waals surface area (Å²) in [5, 5.41) is 8.91. The topological polar surface area (TPSA) is 44.1 Å². The minimum atomic E-state index is -0.274. The largest absolute Gasteiger partial charge is 0.344 e. The number of nitriles is 1. The summed E-state index contributed by atoms with van der Waals surface area (Å²) in [6, 6.07) is 9.59. The number of aryl methyl sites for hydroxylation is 1. The van der Waals surface area contributed by atoms with Crippen molar-refractivity contribution in [2.45, 2.75) is 6.92 Å². The number of nitrogens with zero attached hydrogens (tertiary/aromatic N) is 2. The summed E-state index contributed by atoms with van der Waals surface area (Å²) in [4.78, 5) is 13.0. The van der Waals surface area contributed by atoms with Gasteiger partial charge in [-0.2, -0.15) is 5.26 Å². The number of rotatable bonds is 2. The Morgan fingerprint density at radius 1 is 1.44 bits per heavy atom. The maximum absolute atomic E-state index is 11.6. The number of benzene rings is 1. The highest BCUT2D eigenvalue weighted by molar-refractivity contribution is 6.01. The van der Waals surface area contributed by atoms with E-state index in [1.165, 1.54) is 4.90 Å². The fourth-order valence-corrected chi connectivity index (χ4v) is 1.31. The van der Waals surface area contributed by atoms with Crippen molar-refractivity contribution in [3.05, 3.63) is 41.0 Å². The molecule has 1 amide bonds. The number of likely N-dealkylation sites (N-methyl/N-ethyl adjacent to an activating group) is 1. The lowest BCUT2D eigenvalue weighted by Crippen LogP contribution is -2.22. The van der Waals surface area contributed by atoms with Crippen LogP contribution in [0.3, 0.4) is 0 Å². The van der Waals surface area contributed by atoms with Crippen LogP contribution in [0.5, 0.6) is 0 Å². The average Bonchev–Trinajstić information content (AvgIpc) is 2.25. The molecule has 0 spiro atoms. The Kier molecular flexibility index (Phi) is 3.84. The molecule has 0 unspecified atom stereocenters. The number of carbonyl (C=O) groups is 1. The maximum Gasteiger partial charge on any atom is 0.264 e. The first-order valence-electron chi connectivity index (χ1n) is 4.94. The van der Waals surface area contributed by atoms with E-state index in [-0.39, 0.29) is 11.5 Å². The zero-order valence-electron chi connectivity index (χ0n) is 9.69. The van der Waals surface area contributed by atoms with Gasteiger partial charge in [-0.1, -0.05) is 29.8 Å². The SMILES string of the molecule is Cc1cccc(C=C(C#N)C(=O)N(C)C)c1. The molecule has 0 bridgehead atoms. The summed E-state index contributed by atoms with van der Waals surface area (Å²) in [7, 11) is 3.26. The predicted octanol–water partition coefficient (Wildman–Crippen LogP) is 1.99. The molecule has 0 atom stereocenters. The minimum Gasteiger partial charge on any atom is -0.344 e. The van der Waals surface area contributed by atoms with Crippen LogP contribution in [0.2, 0.25) is 0 Å². The summed E-state index contributed by atoms with van der Waals surface area (Å²) in [6.07, 6.45) is 1.61. The molecule has 1 rings (SSSR count). The molecule has 0 aliphatic heterocycles. The van der Waals surface area contributed by atoms with Crippen LogP contribution >= 0.6 is 0 Å². The molecule has 3 nitrogen and oxygen atoms in total. The van der Waals surface area contributed by atoms with Gasteiger partial charge in [0.25, 0.3) is 5.91 Å². The van der Waals surface area contributed by atoms with Crippen molar-refractivity contribution < 1.29 is 4.79 Å². The molecule has 0 saturated heterocycles. The van der Waals surface area contributed by atoms with Gasteiger partial charge in [0.05, 0.1) is 0 Å². The van der Waals surface area contributed by atoms with E-state index in [1.54, 1.807) is 20.2 Å². The van der Waals surface area contributed by atoms with E-state index in [1.807, 2.05) is 37.3 Å². The molecule has 0 N–H and O–H groups in total. The monoisotopic (exact) mass is 214 g/mol. The van der Waals surface area contributed by atoms with E-state index in [2.05, 4.69) is 0 Å². The molecule has 1 aromatic rings. The van der Waals surface area contributed by atoms with Gasteiger partial charge < -0.3 is 4.90 Å². The molecule has 0 radical (unpaired) electrons. The third-order valence-electron chi connectivity index (χ3n) is 2.11. The first-order valence-corrected chi connectivity index (χ1v) is 4.94. The zero-order valence-corrected chi connectivity index (χ0v) is 9.69. The van der Waals surface area contributed by atoms with Crippen LogP contribution in [0.15, 0.2) is 29.8 Å². The second-order valence-electron chi connectivity index (χ2n) is 3.78. The molecule has 0 saturated carbocycles. The van der Waals surface area contributed by atoms with Crippen LogP contribution in [0.25, 0.3) is 6.08 Å². The Bertz CT molecular complexity index is 467. The second-order valence-corrected chi connectivity index (χ2v) is 3.78. The summed E-state index contributed by atoms with van der Waals surface area (Å²) in [6.45, 7) is 1.97. The normalized spacial score (nSPS) is 10.8. The van der Waals surface area contributed by atoms with Gasteiger partial charge in [0.15, 0.2) is 0 Å². The molecule has 16 heavy (non-hydrogen) atoms. The Balaban J connectivity index is 3.07. The van der Waals surface area contributed by atoms with E-state index in [4.69, 9.17) is 5.26 Å². The van der Waals surface area contributed by atoms with Crippen LogP contribution in [0.4, 0.5) is 0 Å². The van der Waals surface area contributed by atoms with Crippen molar-refractivity contribution >= 4 is 12.0 Å². The van der Waals surface area contributed by atoms with Gasteiger partial charge in [0.1, 0.15) is 11.6 Å². The number of hydrogen-bond donors (Lipinski definition) is 0. The summed E-state index contributed by atoms with van der Waals surface area (Å²) >= 11 is 0. The second kappa shape index (κ2) is 5.13. The highest BCUT2D eigenvalue weighted by Gasteiger charge is 2.10. The van der Waals surface area contributed by atoms with Crippen molar-refractivity contribution in [3.63, 3.8) is 0 Å². The lowest BCUT2D eigenvalue weighted by Gasteiger charge is -2.08. The lowest BCUT2D eigenvalue weighted by molar-refractivity contribution is -0.124. The number of amides is 1. The summed E-state index contributed by atoms with van der Waals surface area (Å²) in [5.41, 5.74) is 2.12. The zero-order chi connectivity index (χ0) is 12.1. The molecule has 0 fully saturated rings. The lowest BCUT2D eigenvalue weighted by atomic mass is 10.1. The highest BCUT2D eigenvalue weighted by atomic mass is 16.2. The van der Waals surface area contributed by atoms with Crippen LogP contribution in [-0.2, 0) is 4.79 Å². The Morgan fingerprint density at radius 3 is 2.62 bits per heavy atom. The van der Waals surface area contributed by atoms with Gasteiger partial charge in [-0.3, -0.25) is 4.79 Å². The quantitative estimate of drug-likeness (QED) is 0.558. The number of hydrogen-bond acceptors (Lipinski definition) is 2. The fraction of sp³-hybridized carbons (Fsp3) is 0.231. The smallest absolute Gasteiger partial charge is 0.264 e. The van der Waals surface area contributed by atoms with Gasteiger partial charge in [-0.05, 0) is 18.6 Å². The Hall–Kier alpha value is -2.08. The van der Waals surface area contributed by atoms with Gasteiger partial charge in [0.2, 0.25) is 0 Å². The average molecular weight is 214 g/mol. The van der Waals surface area contributed by atoms with Crippen molar-refractivity contribution in [2.75, 3.05) is 14.1 Å². The molecule has 0 aliphatic carbocycles. The highest BCUT2D eigenvalue weighted by Crippen LogP contribution is 2.10. The molecule has 1 aromatic carbocycles. The van der Waals surface area contributed by atoms with Crippen LogP contribution in [0, 0.1) is 18.3 Å². The van der Waals surface area contributed by atoms with Crippen LogP contribution in [0.1, 0.15) is 11.1 Å². The van der Waals surface area contributed by atoms with E-state index < -0.39 is 0 Å². The molecule has 82 valence electrons. The molecule has 0 aromatic heterocycles. The van der Waals surface area contributed by atoms with Crippen molar-refractivity contribution in [3.8, 4) is 6.07 Å². The molecule has 0 aliphatic rings. The fourth-order valence-electron chi connectivity index (χ4n) is 1.31. The first kappa shape index (κ1) is 12.0. The van der Waals surface area contributed by atoms with Crippen molar-refractivity contribution in [2.24, 2.45) is 0 Å². The molecule has 0 heterocycles. The predicted molar refractivity (Wildman–Crippen MR) is 63.5 cm³/mol.